The molecule has 0 N–H and O–H groups in total. The molecule has 5 heteroatoms. The predicted octanol–water partition coefficient (Wildman–Crippen LogP) is 7.84. The highest BCUT2D eigenvalue weighted by molar-refractivity contribution is 6.31. The van der Waals surface area contributed by atoms with Crippen molar-refractivity contribution >= 4 is 28.2 Å². The third-order valence-corrected chi connectivity index (χ3v) is 7.84. The number of hydrogen-bond acceptors (Lipinski definition) is 3. The number of anilines is 1. The summed E-state index contributed by atoms with van der Waals surface area (Å²) >= 11 is 6.60. The highest BCUT2D eigenvalue weighted by Crippen LogP contribution is 2.45. The number of rotatable bonds is 10. The van der Waals surface area contributed by atoms with E-state index in [-0.39, 0.29) is 6.04 Å². The summed E-state index contributed by atoms with van der Waals surface area (Å²) in [6.07, 6.45) is 2.24. The van der Waals surface area contributed by atoms with Crippen LogP contribution in [-0.4, -0.2) is 42.3 Å². The van der Waals surface area contributed by atoms with Crippen molar-refractivity contribution in [3.63, 3.8) is 0 Å². The number of benzene rings is 3. The highest BCUT2D eigenvalue weighted by Gasteiger charge is 2.33. The third kappa shape index (κ3) is 5.23. The van der Waals surface area contributed by atoms with Gasteiger partial charge in [0.2, 0.25) is 0 Å². The molecule has 5 rings (SSSR count). The van der Waals surface area contributed by atoms with E-state index in [2.05, 4.69) is 82.8 Å². The summed E-state index contributed by atoms with van der Waals surface area (Å²) in [7, 11) is 0. The molecule has 1 radical (unpaired) electrons. The zero-order valence-corrected chi connectivity index (χ0v) is 23.0. The molecular weight excluding hydrogens is 478 g/mol. The molecule has 1 fully saturated rings. The number of ether oxygens (including phenoxy) is 1. The van der Waals surface area contributed by atoms with Crippen LogP contribution in [0.3, 0.4) is 0 Å². The maximum Gasteiger partial charge on any atom is 0.121 e. The molecule has 4 nitrogen and oxygen atoms in total. The molecule has 0 amide bonds. The van der Waals surface area contributed by atoms with Gasteiger partial charge in [0.25, 0.3) is 0 Å². The van der Waals surface area contributed by atoms with E-state index in [1.54, 1.807) is 0 Å². The lowest BCUT2D eigenvalue weighted by molar-refractivity contribution is 0.290. The molecule has 4 aromatic rings. The molecule has 1 saturated heterocycles. The number of fused-ring (bicyclic) bond motifs is 1. The van der Waals surface area contributed by atoms with Crippen LogP contribution in [0.5, 0.6) is 5.75 Å². The van der Waals surface area contributed by atoms with Crippen molar-refractivity contribution < 1.29 is 4.74 Å². The van der Waals surface area contributed by atoms with Gasteiger partial charge in [-0.15, -0.1) is 0 Å². The quantitative estimate of drug-likeness (QED) is 0.215. The van der Waals surface area contributed by atoms with Gasteiger partial charge in [-0.3, -0.25) is 0 Å². The maximum atomic E-state index is 6.60. The van der Waals surface area contributed by atoms with Gasteiger partial charge in [0.15, 0.2) is 0 Å². The zero-order chi connectivity index (χ0) is 25.8. The van der Waals surface area contributed by atoms with Crippen LogP contribution in [-0.2, 0) is 6.54 Å². The summed E-state index contributed by atoms with van der Waals surface area (Å²) < 4.78 is 8.41. The van der Waals surface area contributed by atoms with Crippen LogP contribution in [0.1, 0.15) is 45.3 Å². The Labute approximate surface area is 226 Å². The van der Waals surface area contributed by atoms with Crippen LogP contribution in [0.15, 0.2) is 66.7 Å². The Morgan fingerprint density at radius 3 is 2.59 bits per heavy atom. The minimum absolute atomic E-state index is 0.242. The van der Waals surface area contributed by atoms with Crippen molar-refractivity contribution in [1.82, 2.24) is 9.47 Å². The first-order valence-electron chi connectivity index (χ1n) is 13.6. The van der Waals surface area contributed by atoms with Crippen LogP contribution in [0, 0.1) is 6.07 Å². The van der Waals surface area contributed by atoms with E-state index >= 15 is 0 Å². The first kappa shape index (κ1) is 25.7. The first-order chi connectivity index (χ1) is 18.1. The zero-order valence-electron chi connectivity index (χ0n) is 22.2. The predicted molar refractivity (Wildman–Crippen MR) is 156 cm³/mol. The van der Waals surface area contributed by atoms with Gasteiger partial charge in [-0.05, 0) is 68.8 Å². The average Bonchev–Trinajstić information content (AvgIpc) is 3.52. The lowest BCUT2D eigenvalue weighted by Gasteiger charge is -2.30. The molecule has 1 aliphatic rings. The van der Waals surface area contributed by atoms with E-state index < -0.39 is 0 Å². The van der Waals surface area contributed by atoms with Crippen LogP contribution >= 0.6 is 11.6 Å². The fourth-order valence-corrected chi connectivity index (χ4v) is 5.99. The van der Waals surface area contributed by atoms with Crippen molar-refractivity contribution in [2.24, 2.45) is 0 Å². The summed E-state index contributed by atoms with van der Waals surface area (Å²) in [4.78, 5) is 5.03. The molecular formula is C32H37ClN3O. The van der Waals surface area contributed by atoms with Gasteiger partial charge < -0.3 is 19.1 Å². The van der Waals surface area contributed by atoms with E-state index in [1.807, 2.05) is 25.1 Å². The van der Waals surface area contributed by atoms with E-state index in [0.717, 1.165) is 62.0 Å². The summed E-state index contributed by atoms with van der Waals surface area (Å²) in [6.45, 7) is 12.2. The Morgan fingerprint density at radius 2 is 1.84 bits per heavy atom. The van der Waals surface area contributed by atoms with Gasteiger partial charge >= 0.3 is 0 Å². The van der Waals surface area contributed by atoms with E-state index in [9.17, 15) is 0 Å². The van der Waals surface area contributed by atoms with Crippen LogP contribution in [0.2, 0.25) is 5.02 Å². The Morgan fingerprint density at radius 1 is 1.03 bits per heavy atom. The summed E-state index contributed by atoms with van der Waals surface area (Å²) in [6, 6.07) is 27.1. The largest absolute Gasteiger partial charge is 0.494 e. The fraction of sp³-hybridized carbons (Fsp3) is 0.375. The van der Waals surface area contributed by atoms with Crippen molar-refractivity contribution in [3.8, 4) is 16.9 Å². The van der Waals surface area contributed by atoms with Crippen molar-refractivity contribution in [2.45, 2.75) is 46.2 Å². The monoisotopic (exact) mass is 514 g/mol. The van der Waals surface area contributed by atoms with Gasteiger partial charge in [0, 0.05) is 64.6 Å². The molecule has 1 atom stereocenters. The van der Waals surface area contributed by atoms with Crippen molar-refractivity contribution in [2.75, 3.05) is 37.7 Å². The van der Waals surface area contributed by atoms with E-state index in [4.69, 9.17) is 16.3 Å². The van der Waals surface area contributed by atoms with Crippen molar-refractivity contribution in [1.29, 1.82) is 0 Å². The first-order valence-corrected chi connectivity index (χ1v) is 14.0. The number of halogens is 1. The SMILES string of the molecule is CCOc1cc[c]c(N2CCCC2c2c(-c3ccccc3)c3cc(Cl)ccc3n2CCN(CC)CC)c1. The van der Waals surface area contributed by atoms with Gasteiger partial charge in [0.1, 0.15) is 5.75 Å². The third-order valence-electron chi connectivity index (χ3n) is 7.61. The molecule has 0 saturated carbocycles. The molecule has 1 aromatic heterocycles. The van der Waals surface area contributed by atoms with Crippen LogP contribution in [0.25, 0.3) is 22.0 Å². The molecule has 37 heavy (non-hydrogen) atoms. The maximum absolute atomic E-state index is 6.60. The molecule has 2 heterocycles. The molecule has 0 aliphatic carbocycles. The van der Waals surface area contributed by atoms with Gasteiger partial charge in [0.05, 0.1) is 12.6 Å². The molecule has 1 aliphatic heterocycles. The number of likely N-dealkylation sites (N-methyl/N-ethyl adjacent to an activating group) is 1. The second kappa shape index (κ2) is 11.6. The summed E-state index contributed by atoms with van der Waals surface area (Å²) in [5, 5.41) is 2.00. The Bertz CT molecular complexity index is 1330. The lowest BCUT2D eigenvalue weighted by atomic mass is 9.97. The minimum Gasteiger partial charge on any atom is -0.494 e. The Hall–Kier alpha value is -2.95. The highest BCUT2D eigenvalue weighted by atomic mass is 35.5. The van der Waals surface area contributed by atoms with E-state index in [1.165, 1.54) is 27.7 Å². The standard InChI is InChI=1S/C32H37ClN3O/c1-4-34(5-2)20-21-36-29-18-17-25(33)22-28(29)31(24-12-8-7-9-13-24)32(36)30-16-11-19-35(30)26-14-10-15-27(23-26)37-6-3/h7-10,12-13,15,17-18,22-23,30H,4-6,11,16,19-21H2,1-3H3. The number of hydrogen-bond donors (Lipinski definition) is 0. The van der Waals surface area contributed by atoms with Gasteiger partial charge in [-0.1, -0.05) is 55.8 Å². The average molecular weight is 515 g/mol. The van der Waals surface area contributed by atoms with Crippen molar-refractivity contribution in [3.05, 3.63) is 83.5 Å². The number of aromatic nitrogens is 1. The lowest BCUT2D eigenvalue weighted by Crippen LogP contribution is -2.29. The molecule has 1 unspecified atom stereocenters. The minimum atomic E-state index is 0.242. The van der Waals surface area contributed by atoms with Gasteiger partial charge in [-0.2, -0.15) is 0 Å². The van der Waals surface area contributed by atoms with Crippen LogP contribution < -0.4 is 9.64 Å². The summed E-state index contributed by atoms with van der Waals surface area (Å²) in [5.74, 6) is 0.902. The summed E-state index contributed by atoms with van der Waals surface area (Å²) in [5.41, 5.74) is 6.28. The van der Waals surface area contributed by atoms with Gasteiger partial charge in [-0.25, -0.2) is 0 Å². The Kier molecular flexibility index (Phi) is 8.07. The molecule has 3 aromatic carbocycles. The molecule has 193 valence electrons. The van der Waals surface area contributed by atoms with E-state index in [0.29, 0.717) is 6.61 Å². The second-order valence-electron chi connectivity index (χ2n) is 9.66. The smallest absolute Gasteiger partial charge is 0.121 e. The molecule has 0 spiro atoms. The van der Waals surface area contributed by atoms with Crippen LogP contribution in [0.4, 0.5) is 5.69 Å². The topological polar surface area (TPSA) is 20.6 Å². The number of nitrogens with zero attached hydrogens (tertiary/aromatic N) is 3. The second-order valence-corrected chi connectivity index (χ2v) is 10.1. The fourth-order valence-electron chi connectivity index (χ4n) is 5.82. The normalized spacial score (nSPS) is 15.7. The Balaban J connectivity index is 1.70. The molecule has 0 bridgehead atoms.